The quantitative estimate of drug-likeness (QED) is 0.723. The number of nitrogens with two attached hydrogens (primary N) is 1. The monoisotopic (exact) mass is 330 g/mol. The van der Waals surface area contributed by atoms with Crippen LogP contribution in [0.15, 0.2) is 41.4 Å². The van der Waals surface area contributed by atoms with Crippen LogP contribution in [0.2, 0.25) is 0 Å². The van der Waals surface area contributed by atoms with Crippen molar-refractivity contribution in [3.05, 3.63) is 42.2 Å². The molecule has 0 radical (unpaired) electrons. The Labute approximate surface area is 132 Å². The molecule has 0 saturated carbocycles. The highest BCUT2D eigenvalue weighted by Gasteiger charge is 2.21. The third-order valence-electron chi connectivity index (χ3n) is 3.35. The maximum Gasteiger partial charge on any atom is 0.181 e. The van der Waals surface area contributed by atoms with Gasteiger partial charge < -0.3 is 5.73 Å². The molecule has 0 bridgehead atoms. The van der Waals surface area contributed by atoms with Gasteiger partial charge in [0, 0.05) is 30.1 Å². The summed E-state index contributed by atoms with van der Waals surface area (Å²) < 4.78 is 24.2. The first kappa shape index (κ1) is 15.3. The molecule has 1 aromatic carbocycles. The van der Waals surface area contributed by atoms with E-state index in [4.69, 9.17) is 5.73 Å². The second kappa shape index (κ2) is 5.86. The van der Waals surface area contributed by atoms with Crippen molar-refractivity contribution in [1.29, 1.82) is 0 Å². The van der Waals surface area contributed by atoms with Crippen LogP contribution in [-0.2, 0) is 16.4 Å². The minimum Gasteiger partial charge on any atom is -0.325 e. The molecule has 8 nitrogen and oxygen atoms in total. The molecule has 0 fully saturated rings. The van der Waals surface area contributed by atoms with Crippen molar-refractivity contribution in [2.24, 2.45) is 5.73 Å². The van der Waals surface area contributed by atoms with E-state index in [2.05, 4.69) is 25.6 Å². The van der Waals surface area contributed by atoms with Crippen LogP contribution in [0.1, 0.15) is 5.69 Å². The maximum absolute atomic E-state index is 12.1. The predicted molar refractivity (Wildman–Crippen MR) is 83.8 cm³/mol. The molecule has 0 saturated heterocycles. The summed E-state index contributed by atoms with van der Waals surface area (Å²) in [6.07, 6.45) is 2.80. The highest BCUT2D eigenvalue weighted by atomic mass is 32.2. The molecule has 118 valence electrons. The van der Waals surface area contributed by atoms with Gasteiger partial charge in [-0.15, -0.1) is 5.10 Å². The summed E-state index contributed by atoms with van der Waals surface area (Å²) in [4.78, 5) is 4.40. The molecule has 0 atom stereocenters. The number of H-pyrrole nitrogens is 1. The lowest BCUT2D eigenvalue weighted by molar-refractivity contribution is 0.602. The Hall–Kier alpha value is -2.65. The molecule has 0 spiro atoms. The molecule has 0 aliphatic rings. The van der Waals surface area contributed by atoms with Gasteiger partial charge in [0.2, 0.25) is 0 Å². The van der Waals surface area contributed by atoms with Crippen LogP contribution in [0, 0.1) is 0 Å². The van der Waals surface area contributed by atoms with Crippen LogP contribution in [0.3, 0.4) is 0 Å². The number of rotatable bonds is 4. The molecule has 0 aliphatic heterocycles. The van der Waals surface area contributed by atoms with Crippen molar-refractivity contribution in [1.82, 2.24) is 25.6 Å². The summed E-state index contributed by atoms with van der Waals surface area (Å²) in [6.45, 7) is 0.336. The van der Waals surface area contributed by atoms with Crippen molar-refractivity contribution in [3.63, 3.8) is 0 Å². The molecule has 9 heteroatoms. The second-order valence-electron chi connectivity index (χ2n) is 4.94. The SMILES string of the molecule is CS(=O)(=O)c1cccc(-c2ccc(CN)nc2)c1-c1nnn[nH]1. The minimum absolute atomic E-state index is 0.149. The molecule has 23 heavy (non-hydrogen) atoms. The van der Waals surface area contributed by atoms with E-state index >= 15 is 0 Å². The first-order valence-electron chi connectivity index (χ1n) is 6.73. The molecule has 0 amide bonds. The zero-order valence-electron chi connectivity index (χ0n) is 12.3. The van der Waals surface area contributed by atoms with Crippen LogP contribution in [0.5, 0.6) is 0 Å². The van der Waals surface area contributed by atoms with E-state index in [1.54, 1.807) is 24.4 Å². The number of aromatic amines is 1. The smallest absolute Gasteiger partial charge is 0.181 e. The second-order valence-corrected chi connectivity index (χ2v) is 6.93. The Morgan fingerprint density at radius 1 is 1.22 bits per heavy atom. The van der Waals surface area contributed by atoms with E-state index in [1.807, 2.05) is 6.07 Å². The van der Waals surface area contributed by atoms with Gasteiger partial charge in [-0.3, -0.25) is 4.98 Å². The number of pyridine rings is 1. The Morgan fingerprint density at radius 2 is 2.04 bits per heavy atom. The molecule has 3 aromatic rings. The number of hydrogen-bond acceptors (Lipinski definition) is 7. The molecule has 0 aliphatic carbocycles. The van der Waals surface area contributed by atoms with Gasteiger partial charge in [0.1, 0.15) is 0 Å². The average Bonchev–Trinajstić information content (AvgIpc) is 3.07. The van der Waals surface area contributed by atoms with Crippen molar-refractivity contribution >= 4 is 9.84 Å². The lowest BCUT2D eigenvalue weighted by Gasteiger charge is -2.11. The van der Waals surface area contributed by atoms with Gasteiger partial charge in [0.25, 0.3) is 0 Å². The van der Waals surface area contributed by atoms with Crippen LogP contribution in [0.25, 0.3) is 22.5 Å². The molecule has 3 N–H and O–H groups in total. The number of nitrogens with one attached hydrogen (secondary N) is 1. The Balaban J connectivity index is 2.28. The predicted octanol–water partition coefficient (Wildman–Crippen LogP) is 0.791. The van der Waals surface area contributed by atoms with E-state index in [1.165, 1.54) is 6.07 Å². The number of tetrazole rings is 1. The van der Waals surface area contributed by atoms with Gasteiger partial charge in [0.05, 0.1) is 10.6 Å². The van der Waals surface area contributed by atoms with Crippen LogP contribution >= 0.6 is 0 Å². The fraction of sp³-hybridized carbons (Fsp3) is 0.143. The van der Waals surface area contributed by atoms with Gasteiger partial charge in [-0.05, 0) is 28.1 Å². The van der Waals surface area contributed by atoms with Crippen molar-refractivity contribution < 1.29 is 8.42 Å². The van der Waals surface area contributed by atoms with Crippen molar-refractivity contribution in [2.75, 3.05) is 6.26 Å². The van der Waals surface area contributed by atoms with Crippen molar-refractivity contribution in [3.8, 4) is 22.5 Å². The average molecular weight is 330 g/mol. The van der Waals surface area contributed by atoms with E-state index in [9.17, 15) is 8.42 Å². The first-order chi connectivity index (χ1) is 11.0. The topological polar surface area (TPSA) is 128 Å². The van der Waals surface area contributed by atoms with Crippen LogP contribution in [0.4, 0.5) is 0 Å². The van der Waals surface area contributed by atoms with Gasteiger partial charge >= 0.3 is 0 Å². The zero-order chi connectivity index (χ0) is 16.4. The summed E-state index contributed by atoms with van der Waals surface area (Å²) in [5.41, 5.74) is 8.14. The highest BCUT2D eigenvalue weighted by molar-refractivity contribution is 7.90. The number of nitrogens with zero attached hydrogens (tertiary/aromatic N) is 4. The zero-order valence-corrected chi connectivity index (χ0v) is 13.1. The van der Waals surface area contributed by atoms with Crippen molar-refractivity contribution in [2.45, 2.75) is 11.4 Å². The van der Waals surface area contributed by atoms with Crippen LogP contribution < -0.4 is 5.73 Å². The summed E-state index contributed by atoms with van der Waals surface area (Å²) in [5.74, 6) is 0.281. The summed E-state index contributed by atoms with van der Waals surface area (Å²) >= 11 is 0. The minimum atomic E-state index is -3.46. The highest BCUT2D eigenvalue weighted by Crippen LogP contribution is 2.34. The van der Waals surface area contributed by atoms with E-state index in [0.717, 1.165) is 17.5 Å². The molecule has 0 unspecified atom stereocenters. The Morgan fingerprint density at radius 3 is 2.61 bits per heavy atom. The fourth-order valence-corrected chi connectivity index (χ4v) is 3.20. The number of hydrogen-bond donors (Lipinski definition) is 2. The summed E-state index contributed by atoms with van der Waals surface area (Å²) in [6, 6.07) is 8.63. The summed E-state index contributed by atoms with van der Waals surface area (Å²) in [7, 11) is -3.46. The molecule has 2 aromatic heterocycles. The normalized spacial score (nSPS) is 11.6. The van der Waals surface area contributed by atoms with E-state index < -0.39 is 9.84 Å². The first-order valence-corrected chi connectivity index (χ1v) is 8.62. The molecular weight excluding hydrogens is 316 g/mol. The van der Waals surface area contributed by atoms with E-state index in [-0.39, 0.29) is 10.7 Å². The third kappa shape index (κ3) is 2.96. The van der Waals surface area contributed by atoms with Gasteiger partial charge in [-0.1, -0.05) is 18.2 Å². The lowest BCUT2D eigenvalue weighted by atomic mass is 10.0. The fourth-order valence-electron chi connectivity index (χ4n) is 2.29. The molecule has 3 rings (SSSR count). The number of aromatic nitrogens is 5. The largest absolute Gasteiger partial charge is 0.325 e. The van der Waals surface area contributed by atoms with E-state index in [0.29, 0.717) is 17.7 Å². The third-order valence-corrected chi connectivity index (χ3v) is 4.49. The lowest BCUT2D eigenvalue weighted by Crippen LogP contribution is -2.03. The molecular formula is C14H14N6O2S. The van der Waals surface area contributed by atoms with Gasteiger partial charge in [0.15, 0.2) is 15.7 Å². The standard InChI is InChI=1S/C14H14N6O2S/c1-23(21,22)12-4-2-3-11(13(12)14-17-19-20-18-14)9-5-6-10(7-15)16-8-9/h2-6,8H,7,15H2,1H3,(H,17,18,19,20). The summed E-state index contributed by atoms with van der Waals surface area (Å²) in [5, 5.41) is 13.6. The number of benzene rings is 1. The van der Waals surface area contributed by atoms with Gasteiger partial charge in [-0.25, -0.2) is 13.5 Å². The maximum atomic E-state index is 12.1. The molecule has 2 heterocycles. The Bertz CT molecular complexity index is 920. The van der Waals surface area contributed by atoms with Gasteiger partial charge in [-0.2, -0.15) is 0 Å². The van der Waals surface area contributed by atoms with Crippen LogP contribution in [-0.4, -0.2) is 40.3 Å². The number of sulfone groups is 1. The Kier molecular flexibility index (Phi) is 3.89.